The van der Waals surface area contributed by atoms with Crippen LogP contribution in [0.15, 0.2) is 18.2 Å². The molecule has 1 atom stereocenters. The van der Waals surface area contributed by atoms with E-state index in [1.165, 1.54) is 16.2 Å². The van der Waals surface area contributed by atoms with Gasteiger partial charge in [0.05, 0.1) is 16.7 Å². The van der Waals surface area contributed by atoms with Gasteiger partial charge in [-0.2, -0.15) is 0 Å². The number of carbonyl (C=O) groups is 2. The molecule has 1 fully saturated rings. The highest BCUT2D eigenvalue weighted by Crippen LogP contribution is 2.38. The highest BCUT2D eigenvalue weighted by molar-refractivity contribution is 7.17. The Labute approximate surface area is 195 Å². The fourth-order valence-electron chi connectivity index (χ4n) is 3.89. The fourth-order valence-corrected chi connectivity index (χ4v) is 5.66. The molecule has 0 bridgehead atoms. The Morgan fingerprint density at radius 1 is 1.19 bits per heavy atom. The molecule has 1 aromatic heterocycles. The first-order chi connectivity index (χ1) is 15.0. The number of benzene rings is 1. The lowest BCUT2D eigenvalue weighted by Crippen LogP contribution is -2.33. The number of ether oxygens (including phenoxy) is 2. The van der Waals surface area contributed by atoms with Gasteiger partial charge in [-0.15, -0.1) is 11.3 Å². The molecule has 1 aliphatic heterocycles. The quantitative estimate of drug-likeness (QED) is 0.590. The summed E-state index contributed by atoms with van der Waals surface area (Å²) in [5.74, 6) is -0.133. The fraction of sp³-hybridized carbons (Fsp3) is 0.455. The van der Waals surface area contributed by atoms with E-state index in [0.29, 0.717) is 32.9 Å². The Balaban J connectivity index is 1.44. The van der Waals surface area contributed by atoms with Crippen molar-refractivity contribution in [3.8, 4) is 5.75 Å². The maximum Gasteiger partial charge on any atom is 0.262 e. The van der Waals surface area contributed by atoms with E-state index in [2.05, 4.69) is 10.6 Å². The van der Waals surface area contributed by atoms with Crippen molar-refractivity contribution in [1.29, 1.82) is 0 Å². The van der Waals surface area contributed by atoms with Crippen molar-refractivity contribution >= 4 is 51.4 Å². The minimum atomic E-state index is -0.349. The van der Waals surface area contributed by atoms with Crippen LogP contribution in [0.4, 0.5) is 5.00 Å². The smallest absolute Gasteiger partial charge is 0.262 e. The first-order valence-corrected chi connectivity index (χ1v) is 12.0. The predicted octanol–water partition coefficient (Wildman–Crippen LogP) is 4.86. The summed E-state index contributed by atoms with van der Waals surface area (Å²) in [5.41, 5.74) is 1.63. The van der Waals surface area contributed by atoms with E-state index in [4.69, 9.17) is 32.7 Å². The highest BCUT2D eigenvalue weighted by Gasteiger charge is 2.27. The third-order valence-corrected chi connectivity index (χ3v) is 7.16. The van der Waals surface area contributed by atoms with Crippen LogP contribution in [0.3, 0.4) is 0 Å². The van der Waals surface area contributed by atoms with Gasteiger partial charge in [-0.3, -0.25) is 9.59 Å². The molecule has 166 valence electrons. The molecule has 1 saturated heterocycles. The zero-order valence-electron chi connectivity index (χ0n) is 17.0. The highest BCUT2D eigenvalue weighted by atomic mass is 35.5. The van der Waals surface area contributed by atoms with Crippen molar-refractivity contribution in [2.45, 2.75) is 44.6 Å². The number of thiophene rings is 1. The standard InChI is InChI=1S/C22H24Cl2N2O4S/c23-13-7-8-17(16(24)10-13)30-12-19(27)26-22-20(15-5-1-2-6-18(15)31-22)21(28)25-11-14-4-3-9-29-14/h7-8,10,14H,1-6,9,11-12H2,(H,25,28)(H,26,27)/t14-/m0/s1. The predicted molar refractivity (Wildman–Crippen MR) is 123 cm³/mol. The average Bonchev–Trinajstić information content (AvgIpc) is 3.39. The summed E-state index contributed by atoms with van der Waals surface area (Å²) in [6, 6.07) is 4.82. The second kappa shape index (κ2) is 10.2. The van der Waals surface area contributed by atoms with Gasteiger partial charge in [0.25, 0.3) is 11.8 Å². The van der Waals surface area contributed by atoms with Crippen molar-refractivity contribution in [2.24, 2.45) is 0 Å². The van der Waals surface area contributed by atoms with Gasteiger partial charge in [0.1, 0.15) is 10.8 Å². The molecule has 9 heteroatoms. The van der Waals surface area contributed by atoms with Gasteiger partial charge in [0.2, 0.25) is 0 Å². The first-order valence-electron chi connectivity index (χ1n) is 10.4. The van der Waals surface area contributed by atoms with Crippen LogP contribution >= 0.6 is 34.5 Å². The number of carbonyl (C=O) groups excluding carboxylic acids is 2. The Hall–Kier alpha value is -1.80. The third kappa shape index (κ3) is 5.52. The summed E-state index contributed by atoms with van der Waals surface area (Å²) in [6.07, 6.45) is 5.95. The molecule has 2 amide bonds. The number of halogens is 2. The molecule has 0 saturated carbocycles. The molecule has 0 spiro atoms. The zero-order chi connectivity index (χ0) is 21.8. The minimum Gasteiger partial charge on any atom is -0.482 e. The van der Waals surface area contributed by atoms with Gasteiger partial charge in [-0.25, -0.2) is 0 Å². The van der Waals surface area contributed by atoms with Crippen molar-refractivity contribution in [3.63, 3.8) is 0 Å². The molecule has 0 unspecified atom stereocenters. The minimum absolute atomic E-state index is 0.0639. The molecule has 31 heavy (non-hydrogen) atoms. The van der Waals surface area contributed by atoms with Gasteiger partial charge in [0.15, 0.2) is 6.61 Å². The summed E-state index contributed by atoms with van der Waals surface area (Å²) in [7, 11) is 0. The van der Waals surface area contributed by atoms with Gasteiger partial charge in [-0.1, -0.05) is 23.2 Å². The van der Waals surface area contributed by atoms with E-state index in [-0.39, 0.29) is 24.5 Å². The number of hydrogen-bond acceptors (Lipinski definition) is 5. The van der Waals surface area contributed by atoms with Crippen LogP contribution < -0.4 is 15.4 Å². The first kappa shape index (κ1) is 22.4. The van der Waals surface area contributed by atoms with E-state index >= 15 is 0 Å². The summed E-state index contributed by atoms with van der Waals surface area (Å²) in [6.45, 7) is 1.00. The van der Waals surface area contributed by atoms with Crippen molar-refractivity contribution in [2.75, 3.05) is 25.1 Å². The second-order valence-corrected chi connectivity index (χ2v) is 9.62. The number of fused-ring (bicyclic) bond motifs is 1. The van der Waals surface area contributed by atoms with Gasteiger partial charge in [-0.05, 0) is 62.3 Å². The Kier molecular flexibility index (Phi) is 7.38. The molecule has 2 N–H and O–H groups in total. The number of hydrogen-bond donors (Lipinski definition) is 2. The molecule has 1 aromatic carbocycles. The second-order valence-electron chi connectivity index (χ2n) is 7.67. The van der Waals surface area contributed by atoms with Crippen LogP contribution in [0.25, 0.3) is 0 Å². The largest absolute Gasteiger partial charge is 0.482 e. The molecule has 4 rings (SSSR count). The van der Waals surface area contributed by atoms with E-state index in [1.807, 2.05) is 0 Å². The molecule has 6 nitrogen and oxygen atoms in total. The maximum atomic E-state index is 13.0. The van der Waals surface area contributed by atoms with Crippen LogP contribution in [0, 0.1) is 0 Å². The van der Waals surface area contributed by atoms with Crippen LogP contribution in [0.2, 0.25) is 10.0 Å². The number of amides is 2. The molecule has 2 aromatic rings. The number of rotatable bonds is 7. The Morgan fingerprint density at radius 3 is 2.81 bits per heavy atom. The number of nitrogens with one attached hydrogen (secondary N) is 2. The van der Waals surface area contributed by atoms with Crippen LogP contribution in [-0.2, 0) is 22.4 Å². The van der Waals surface area contributed by atoms with E-state index in [0.717, 1.165) is 50.7 Å². The van der Waals surface area contributed by atoms with Gasteiger partial charge < -0.3 is 20.1 Å². The average molecular weight is 483 g/mol. The van der Waals surface area contributed by atoms with Gasteiger partial charge >= 0.3 is 0 Å². The SMILES string of the molecule is O=C(COc1ccc(Cl)cc1Cl)Nc1sc2c(c1C(=O)NC[C@@H]1CCCO1)CCCC2. The summed E-state index contributed by atoms with van der Waals surface area (Å²) in [5, 5.41) is 7.26. The monoisotopic (exact) mass is 482 g/mol. The molecular weight excluding hydrogens is 459 g/mol. The van der Waals surface area contributed by atoms with Crippen LogP contribution in [0.5, 0.6) is 5.75 Å². The maximum absolute atomic E-state index is 13.0. The van der Waals surface area contributed by atoms with Crippen LogP contribution in [0.1, 0.15) is 46.5 Å². The summed E-state index contributed by atoms with van der Waals surface area (Å²) in [4.78, 5) is 26.8. The normalized spacial score (nSPS) is 17.8. The number of anilines is 1. The van der Waals surface area contributed by atoms with E-state index < -0.39 is 0 Å². The molecular formula is C22H24Cl2N2O4S. The topological polar surface area (TPSA) is 76.7 Å². The van der Waals surface area contributed by atoms with Crippen molar-refractivity contribution in [1.82, 2.24) is 5.32 Å². The molecule has 0 radical (unpaired) electrons. The lowest BCUT2D eigenvalue weighted by atomic mass is 9.95. The van der Waals surface area contributed by atoms with Crippen LogP contribution in [-0.4, -0.2) is 37.7 Å². The number of aryl methyl sites for hydroxylation is 1. The zero-order valence-corrected chi connectivity index (χ0v) is 19.3. The summed E-state index contributed by atoms with van der Waals surface area (Å²) >= 11 is 13.5. The lowest BCUT2D eigenvalue weighted by molar-refractivity contribution is -0.118. The Bertz CT molecular complexity index is 973. The Morgan fingerprint density at radius 2 is 2.03 bits per heavy atom. The van der Waals surface area contributed by atoms with Crippen molar-refractivity contribution in [3.05, 3.63) is 44.2 Å². The van der Waals surface area contributed by atoms with Crippen molar-refractivity contribution < 1.29 is 19.1 Å². The van der Waals surface area contributed by atoms with Gasteiger partial charge in [0, 0.05) is 23.1 Å². The third-order valence-electron chi connectivity index (χ3n) is 5.42. The molecule has 1 aliphatic carbocycles. The van der Waals surface area contributed by atoms with E-state index in [9.17, 15) is 9.59 Å². The molecule has 2 heterocycles. The molecule has 2 aliphatic rings. The van der Waals surface area contributed by atoms with E-state index in [1.54, 1.807) is 18.2 Å². The summed E-state index contributed by atoms with van der Waals surface area (Å²) < 4.78 is 11.1. The lowest BCUT2D eigenvalue weighted by Gasteiger charge is -2.15.